The number of ether oxygens (including phenoxy) is 1. The lowest BCUT2D eigenvalue weighted by Crippen LogP contribution is -2.40. The van der Waals surface area contributed by atoms with Gasteiger partial charge in [0.1, 0.15) is 11.6 Å². The summed E-state index contributed by atoms with van der Waals surface area (Å²) in [5, 5.41) is 7.30. The van der Waals surface area contributed by atoms with E-state index >= 15 is 0 Å². The van der Waals surface area contributed by atoms with Gasteiger partial charge in [0.2, 0.25) is 0 Å². The minimum Gasteiger partial charge on any atom is -0.404 e. The van der Waals surface area contributed by atoms with Crippen LogP contribution in [0.2, 0.25) is 5.02 Å². The van der Waals surface area contributed by atoms with E-state index in [1.165, 1.54) is 12.1 Å². The number of amides is 1. The average Bonchev–Trinajstić information content (AvgIpc) is 2.80. The molecule has 2 N–H and O–H groups in total. The summed E-state index contributed by atoms with van der Waals surface area (Å²) >= 11 is 5.86. The van der Waals surface area contributed by atoms with Gasteiger partial charge in [0.15, 0.2) is 0 Å². The van der Waals surface area contributed by atoms with Crippen molar-refractivity contribution in [3.63, 3.8) is 0 Å². The zero-order chi connectivity index (χ0) is 25.2. The Bertz CT molecular complexity index is 1210. The van der Waals surface area contributed by atoms with E-state index in [-0.39, 0.29) is 28.6 Å². The van der Waals surface area contributed by atoms with Crippen molar-refractivity contribution in [1.82, 2.24) is 10.3 Å². The number of anilines is 2. The first-order chi connectivity index (χ1) is 16.6. The highest BCUT2D eigenvalue weighted by Gasteiger charge is 2.32. The van der Waals surface area contributed by atoms with Crippen molar-refractivity contribution in [2.45, 2.75) is 44.1 Å². The van der Waals surface area contributed by atoms with Crippen LogP contribution >= 0.6 is 11.6 Å². The lowest BCUT2D eigenvalue weighted by molar-refractivity contribution is -0.274. The number of fused-ring (bicyclic) bond motifs is 1. The first-order valence-corrected chi connectivity index (χ1v) is 11.7. The lowest BCUT2D eigenvalue weighted by atomic mass is 9.91. The van der Waals surface area contributed by atoms with E-state index < -0.39 is 12.1 Å². The molecule has 0 aliphatic heterocycles. The standard InChI is InChI=1S/C25H26ClF3N4O2/c1-33(2)21-14-23(32-20-6-4-3-5-18(20)21)30-16-8-10-17(11-9-16)31-24(34)15-7-12-22(19(26)13-15)35-25(27,28)29/h3-7,12-14,16-17H,8-11H2,1-2H3,(H,30,32)(H,31,34). The Morgan fingerprint density at radius 3 is 2.40 bits per heavy atom. The smallest absolute Gasteiger partial charge is 0.404 e. The molecule has 1 aliphatic rings. The highest BCUT2D eigenvalue weighted by molar-refractivity contribution is 6.32. The van der Waals surface area contributed by atoms with E-state index in [9.17, 15) is 18.0 Å². The third-order valence-electron chi connectivity index (χ3n) is 6.01. The summed E-state index contributed by atoms with van der Waals surface area (Å²) in [5.74, 6) is -0.105. The number of rotatable bonds is 6. The molecule has 0 spiro atoms. The summed E-state index contributed by atoms with van der Waals surface area (Å²) < 4.78 is 41.1. The van der Waals surface area contributed by atoms with Crippen LogP contribution in [0.3, 0.4) is 0 Å². The zero-order valence-electron chi connectivity index (χ0n) is 19.3. The molecule has 186 valence electrons. The van der Waals surface area contributed by atoms with Crippen molar-refractivity contribution in [2.24, 2.45) is 0 Å². The third kappa shape index (κ3) is 6.28. The van der Waals surface area contributed by atoms with Crippen molar-refractivity contribution in [3.8, 4) is 5.75 Å². The molecule has 0 bridgehead atoms. The predicted octanol–water partition coefficient (Wildman–Crippen LogP) is 6.01. The number of para-hydroxylation sites is 1. The van der Waals surface area contributed by atoms with E-state index in [0.29, 0.717) is 0 Å². The summed E-state index contributed by atoms with van der Waals surface area (Å²) in [6.45, 7) is 0. The molecule has 35 heavy (non-hydrogen) atoms. The van der Waals surface area contributed by atoms with Gasteiger partial charge in [-0.2, -0.15) is 0 Å². The maximum Gasteiger partial charge on any atom is 0.573 e. The van der Waals surface area contributed by atoms with Gasteiger partial charge in [-0.3, -0.25) is 4.79 Å². The number of benzene rings is 2. The van der Waals surface area contributed by atoms with Gasteiger partial charge in [-0.05, 0) is 49.9 Å². The molecule has 1 heterocycles. The Morgan fingerprint density at radius 2 is 1.74 bits per heavy atom. The Morgan fingerprint density at radius 1 is 1.06 bits per heavy atom. The van der Waals surface area contributed by atoms with E-state index in [4.69, 9.17) is 16.6 Å². The van der Waals surface area contributed by atoms with Gasteiger partial charge in [-0.1, -0.05) is 29.8 Å². The van der Waals surface area contributed by atoms with E-state index in [1.807, 2.05) is 38.4 Å². The van der Waals surface area contributed by atoms with Gasteiger partial charge < -0.3 is 20.3 Å². The van der Waals surface area contributed by atoms with E-state index in [2.05, 4.69) is 26.3 Å². The van der Waals surface area contributed by atoms with Crippen LogP contribution in [-0.2, 0) is 0 Å². The Hall–Kier alpha value is -3.20. The van der Waals surface area contributed by atoms with Crippen LogP contribution < -0.4 is 20.3 Å². The SMILES string of the molecule is CN(C)c1cc(NC2CCC(NC(=O)c3ccc(OC(F)(F)F)c(Cl)c3)CC2)nc2ccccc12. The summed E-state index contributed by atoms with van der Waals surface area (Å²) in [6.07, 6.45) is -1.64. The van der Waals surface area contributed by atoms with Gasteiger partial charge in [0.25, 0.3) is 5.91 Å². The van der Waals surface area contributed by atoms with Gasteiger partial charge in [0, 0.05) is 48.9 Å². The van der Waals surface area contributed by atoms with Crippen LogP contribution in [0.15, 0.2) is 48.5 Å². The molecule has 1 amide bonds. The average molecular weight is 507 g/mol. The van der Waals surface area contributed by atoms with Crippen molar-refractivity contribution in [3.05, 3.63) is 59.1 Å². The number of carbonyl (C=O) groups is 1. The lowest BCUT2D eigenvalue weighted by Gasteiger charge is -2.30. The monoisotopic (exact) mass is 506 g/mol. The van der Waals surface area contributed by atoms with Crippen molar-refractivity contribution in [1.29, 1.82) is 0 Å². The summed E-state index contributed by atoms with van der Waals surface area (Å²) in [4.78, 5) is 19.4. The number of nitrogens with zero attached hydrogens (tertiary/aromatic N) is 2. The number of nitrogens with one attached hydrogen (secondary N) is 2. The molecule has 2 aromatic carbocycles. The normalized spacial score (nSPS) is 18.2. The number of pyridine rings is 1. The Balaban J connectivity index is 1.34. The predicted molar refractivity (Wildman–Crippen MR) is 131 cm³/mol. The maximum atomic E-state index is 12.6. The number of hydrogen-bond donors (Lipinski definition) is 2. The fraction of sp³-hybridized carbons (Fsp3) is 0.360. The van der Waals surface area contributed by atoms with Gasteiger partial charge in [0.05, 0.1) is 10.5 Å². The Kier molecular flexibility index (Phi) is 7.25. The third-order valence-corrected chi connectivity index (χ3v) is 6.31. The molecule has 0 unspecified atom stereocenters. The van der Waals surface area contributed by atoms with Crippen LogP contribution in [0.4, 0.5) is 24.7 Å². The van der Waals surface area contributed by atoms with Crippen molar-refractivity contribution >= 4 is 39.9 Å². The number of alkyl halides is 3. The molecule has 0 atom stereocenters. The molecule has 1 aromatic heterocycles. The quantitative estimate of drug-likeness (QED) is 0.429. The molecule has 3 aromatic rings. The second-order valence-electron chi connectivity index (χ2n) is 8.80. The number of halogens is 4. The molecule has 0 radical (unpaired) electrons. The van der Waals surface area contributed by atoms with Gasteiger partial charge in [-0.25, -0.2) is 4.98 Å². The summed E-state index contributed by atoms with van der Waals surface area (Å²) in [7, 11) is 4.01. The maximum absolute atomic E-state index is 12.6. The zero-order valence-corrected chi connectivity index (χ0v) is 20.1. The Labute approximate surface area is 206 Å². The molecular formula is C25H26ClF3N4O2. The first-order valence-electron chi connectivity index (χ1n) is 11.3. The minimum absolute atomic E-state index is 0.0349. The largest absolute Gasteiger partial charge is 0.573 e. The van der Waals surface area contributed by atoms with Crippen LogP contribution in [0.1, 0.15) is 36.0 Å². The number of aromatic nitrogens is 1. The van der Waals surface area contributed by atoms with Crippen LogP contribution in [0.5, 0.6) is 5.75 Å². The number of carbonyl (C=O) groups excluding carboxylic acids is 1. The van der Waals surface area contributed by atoms with Gasteiger partial charge in [-0.15, -0.1) is 13.2 Å². The molecular weight excluding hydrogens is 481 g/mol. The highest BCUT2D eigenvalue weighted by atomic mass is 35.5. The first kappa shape index (κ1) is 24.9. The minimum atomic E-state index is -4.85. The molecule has 1 aliphatic carbocycles. The van der Waals surface area contributed by atoms with E-state index in [0.717, 1.165) is 54.2 Å². The summed E-state index contributed by atoms with van der Waals surface area (Å²) in [6, 6.07) is 13.7. The molecule has 6 nitrogen and oxygen atoms in total. The van der Waals surface area contributed by atoms with Crippen molar-refractivity contribution < 1.29 is 22.7 Å². The molecule has 0 saturated heterocycles. The second kappa shape index (κ2) is 10.2. The molecule has 1 fully saturated rings. The van der Waals surface area contributed by atoms with Crippen LogP contribution in [0, 0.1) is 0 Å². The highest BCUT2D eigenvalue weighted by Crippen LogP contribution is 2.32. The van der Waals surface area contributed by atoms with Crippen LogP contribution in [0.25, 0.3) is 10.9 Å². The van der Waals surface area contributed by atoms with Crippen LogP contribution in [-0.4, -0.2) is 43.4 Å². The van der Waals surface area contributed by atoms with E-state index in [1.54, 1.807) is 0 Å². The fourth-order valence-electron chi connectivity index (χ4n) is 4.31. The summed E-state index contributed by atoms with van der Waals surface area (Å²) in [5.41, 5.74) is 2.19. The van der Waals surface area contributed by atoms with Gasteiger partial charge >= 0.3 is 6.36 Å². The molecule has 10 heteroatoms. The molecule has 1 saturated carbocycles. The topological polar surface area (TPSA) is 66.5 Å². The fourth-order valence-corrected chi connectivity index (χ4v) is 4.53. The second-order valence-corrected chi connectivity index (χ2v) is 9.20. The van der Waals surface area contributed by atoms with Crippen molar-refractivity contribution in [2.75, 3.05) is 24.3 Å². The number of hydrogen-bond acceptors (Lipinski definition) is 5. The molecule has 4 rings (SSSR count).